The largest absolute Gasteiger partial charge is 0.493 e. The molecule has 2 aromatic carbocycles. The molecule has 0 fully saturated rings. The van der Waals surface area contributed by atoms with E-state index in [9.17, 15) is 19.7 Å². The number of amides is 2. The molecule has 0 bridgehead atoms. The number of carbonyl (C=O) groups is 2. The number of carbonyl (C=O) groups excluding carboxylic acids is 2. The van der Waals surface area contributed by atoms with Gasteiger partial charge in [0.2, 0.25) is 0 Å². The quantitative estimate of drug-likeness (QED) is 0.600. The third-order valence-corrected chi connectivity index (χ3v) is 3.38. The van der Waals surface area contributed by atoms with E-state index in [2.05, 4.69) is 10.9 Å². The van der Waals surface area contributed by atoms with Crippen molar-refractivity contribution in [1.29, 1.82) is 0 Å². The first-order valence-corrected chi connectivity index (χ1v) is 7.56. The van der Waals surface area contributed by atoms with Crippen LogP contribution in [0.25, 0.3) is 0 Å². The van der Waals surface area contributed by atoms with Crippen molar-refractivity contribution in [1.82, 2.24) is 10.9 Å². The van der Waals surface area contributed by atoms with Gasteiger partial charge in [-0.3, -0.25) is 30.6 Å². The number of benzene rings is 2. The van der Waals surface area contributed by atoms with E-state index < -0.39 is 22.8 Å². The van der Waals surface area contributed by atoms with Gasteiger partial charge in [-0.05, 0) is 31.2 Å². The molecule has 9 nitrogen and oxygen atoms in total. The lowest BCUT2D eigenvalue weighted by Gasteiger charge is -2.16. The zero-order valence-electron chi connectivity index (χ0n) is 14.1. The summed E-state index contributed by atoms with van der Waals surface area (Å²) in [5.41, 5.74) is 4.49. The monoisotopic (exact) mass is 359 g/mol. The molecule has 0 radical (unpaired) electrons. The Hall–Kier alpha value is -3.62. The van der Waals surface area contributed by atoms with Gasteiger partial charge in [0.1, 0.15) is 0 Å². The molecule has 0 spiro atoms. The maximum atomic E-state index is 12.0. The van der Waals surface area contributed by atoms with Crippen LogP contribution in [0.5, 0.6) is 11.5 Å². The van der Waals surface area contributed by atoms with Gasteiger partial charge in [0.15, 0.2) is 17.6 Å². The number of nitro groups is 1. The summed E-state index contributed by atoms with van der Waals surface area (Å²) >= 11 is 0. The second-order valence-electron chi connectivity index (χ2n) is 5.16. The number of rotatable bonds is 6. The fraction of sp³-hybridized carbons (Fsp3) is 0.176. The Balaban J connectivity index is 1.90. The minimum Gasteiger partial charge on any atom is -0.493 e. The number of non-ortho nitro benzene ring substituents is 1. The molecule has 2 aromatic rings. The zero-order chi connectivity index (χ0) is 19.1. The van der Waals surface area contributed by atoms with Crippen molar-refractivity contribution >= 4 is 17.5 Å². The first-order chi connectivity index (χ1) is 12.4. The molecule has 1 atom stereocenters. The number of hydrogen-bond acceptors (Lipinski definition) is 6. The number of para-hydroxylation sites is 2. The molecule has 0 aliphatic rings. The molecule has 9 heteroatoms. The highest BCUT2D eigenvalue weighted by Gasteiger charge is 2.18. The minimum atomic E-state index is -0.900. The number of hydrogen-bond donors (Lipinski definition) is 2. The third kappa shape index (κ3) is 4.69. The maximum absolute atomic E-state index is 12.0. The molecule has 0 aliphatic heterocycles. The third-order valence-electron chi connectivity index (χ3n) is 3.38. The lowest BCUT2D eigenvalue weighted by atomic mass is 10.2. The first-order valence-electron chi connectivity index (χ1n) is 7.56. The highest BCUT2D eigenvalue weighted by Crippen LogP contribution is 2.26. The maximum Gasteiger partial charge on any atom is 0.279 e. The fourth-order valence-corrected chi connectivity index (χ4v) is 1.99. The van der Waals surface area contributed by atoms with Crippen LogP contribution in [-0.4, -0.2) is 30.0 Å². The normalized spacial score (nSPS) is 11.2. The summed E-state index contributed by atoms with van der Waals surface area (Å²) in [6, 6.07) is 11.8. The van der Waals surface area contributed by atoms with Crippen LogP contribution in [-0.2, 0) is 4.79 Å². The molecule has 0 aromatic heterocycles. The molecule has 2 rings (SSSR count). The number of nitrogens with one attached hydrogen (secondary N) is 2. The number of methoxy groups -OCH3 is 1. The van der Waals surface area contributed by atoms with Crippen molar-refractivity contribution in [3.05, 3.63) is 64.2 Å². The van der Waals surface area contributed by atoms with E-state index in [1.54, 1.807) is 24.3 Å². The molecular formula is C17H17N3O6. The van der Waals surface area contributed by atoms with Gasteiger partial charge < -0.3 is 9.47 Å². The summed E-state index contributed by atoms with van der Waals surface area (Å²) in [6.07, 6.45) is -0.900. The molecule has 2 N–H and O–H groups in total. The van der Waals surface area contributed by atoms with Crippen molar-refractivity contribution in [3.8, 4) is 11.5 Å². The lowest BCUT2D eigenvalue weighted by Crippen LogP contribution is -2.47. The highest BCUT2D eigenvalue weighted by molar-refractivity contribution is 5.95. The van der Waals surface area contributed by atoms with Gasteiger partial charge in [-0.25, -0.2) is 0 Å². The minimum absolute atomic E-state index is 0.135. The molecule has 0 aliphatic carbocycles. The van der Waals surface area contributed by atoms with Gasteiger partial charge in [-0.1, -0.05) is 12.1 Å². The molecule has 1 unspecified atom stereocenters. The summed E-state index contributed by atoms with van der Waals surface area (Å²) in [5.74, 6) is -0.328. The second-order valence-corrected chi connectivity index (χ2v) is 5.16. The van der Waals surface area contributed by atoms with Gasteiger partial charge in [0.05, 0.1) is 12.0 Å². The molecule has 136 valence electrons. The Bertz CT molecular complexity index is 806. The van der Waals surface area contributed by atoms with Gasteiger partial charge in [0, 0.05) is 17.7 Å². The van der Waals surface area contributed by atoms with E-state index in [0.29, 0.717) is 11.5 Å². The van der Waals surface area contributed by atoms with E-state index in [-0.39, 0.29) is 11.3 Å². The molecular weight excluding hydrogens is 342 g/mol. The van der Waals surface area contributed by atoms with Crippen molar-refractivity contribution in [2.75, 3.05) is 7.11 Å². The van der Waals surface area contributed by atoms with Crippen molar-refractivity contribution < 1.29 is 24.0 Å². The first kappa shape index (κ1) is 18.7. The van der Waals surface area contributed by atoms with Crippen LogP contribution in [0.1, 0.15) is 17.3 Å². The zero-order valence-corrected chi connectivity index (χ0v) is 14.1. The van der Waals surface area contributed by atoms with Crippen LogP contribution in [0, 0.1) is 10.1 Å². The number of nitro benzene ring substituents is 1. The molecule has 0 saturated heterocycles. The summed E-state index contributed by atoms with van der Waals surface area (Å²) in [4.78, 5) is 34.0. The summed E-state index contributed by atoms with van der Waals surface area (Å²) < 4.78 is 10.6. The average Bonchev–Trinajstić information content (AvgIpc) is 2.66. The molecule has 0 heterocycles. The van der Waals surface area contributed by atoms with Crippen molar-refractivity contribution in [2.45, 2.75) is 13.0 Å². The van der Waals surface area contributed by atoms with E-state index >= 15 is 0 Å². The summed E-state index contributed by atoms with van der Waals surface area (Å²) in [6.45, 7) is 1.51. The Labute approximate surface area is 149 Å². The van der Waals surface area contributed by atoms with Crippen molar-refractivity contribution in [3.63, 3.8) is 0 Å². The number of ether oxygens (including phenoxy) is 2. The number of hydrazine groups is 1. The summed E-state index contributed by atoms with van der Waals surface area (Å²) in [7, 11) is 1.48. The Morgan fingerprint density at radius 1 is 1.04 bits per heavy atom. The van der Waals surface area contributed by atoms with Gasteiger partial charge >= 0.3 is 0 Å². The standard InChI is InChI=1S/C17H17N3O6/c1-11(26-15-6-4-3-5-14(15)25-2)16(21)18-19-17(22)12-7-9-13(10-8-12)20(23)24/h3-11H,1-2H3,(H,18,21)(H,19,22). The predicted molar refractivity (Wildman–Crippen MR) is 91.8 cm³/mol. The Kier molecular flexibility index (Phi) is 6.10. The Morgan fingerprint density at radius 2 is 1.65 bits per heavy atom. The number of nitrogens with zero attached hydrogens (tertiary/aromatic N) is 1. The predicted octanol–water partition coefficient (Wildman–Crippen LogP) is 1.83. The summed E-state index contributed by atoms with van der Waals surface area (Å²) in [5, 5.41) is 10.6. The van der Waals surface area contributed by atoms with Crippen LogP contribution < -0.4 is 20.3 Å². The van der Waals surface area contributed by atoms with Crippen LogP contribution in [0.2, 0.25) is 0 Å². The lowest BCUT2D eigenvalue weighted by molar-refractivity contribution is -0.384. The van der Waals surface area contributed by atoms with E-state index in [4.69, 9.17) is 9.47 Å². The van der Waals surface area contributed by atoms with Crippen LogP contribution in [0.4, 0.5) is 5.69 Å². The van der Waals surface area contributed by atoms with Crippen LogP contribution >= 0.6 is 0 Å². The SMILES string of the molecule is COc1ccccc1OC(C)C(=O)NNC(=O)c1ccc([N+](=O)[O-])cc1. The van der Waals surface area contributed by atoms with Crippen LogP contribution in [0.3, 0.4) is 0 Å². The van der Waals surface area contributed by atoms with Gasteiger partial charge in [0.25, 0.3) is 17.5 Å². The second kappa shape index (κ2) is 8.47. The van der Waals surface area contributed by atoms with E-state index in [1.165, 1.54) is 38.3 Å². The average molecular weight is 359 g/mol. The Morgan fingerprint density at radius 3 is 2.23 bits per heavy atom. The van der Waals surface area contributed by atoms with E-state index in [1.807, 2.05) is 0 Å². The fourth-order valence-electron chi connectivity index (χ4n) is 1.99. The highest BCUT2D eigenvalue weighted by atomic mass is 16.6. The molecule has 26 heavy (non-hydrogen) atoms. The van der Waals surface area contributed by atoms with E-state index in [0.717, 1.165) is 0 Å². The van der Waals surface area contributed by atoms with Gasteiger partial charge in [-0.2, -0.15) is 0 Å². The molecule has 2 amide bonds. The molecule has 0 saturated carbocycles. The van der Waals surface area contributed by atoms with Crippen LogP contribution in [0.15, 0.2) is 48.5 Å². The van der Waals surface area contributed by atoms with Gasteiger partial charge in [-0.15, -0.1) is 0 Å². The van der Waals surface area contributed by atoms with Crippen molar-refractivity contribution in [2.24, 2.45) is 0 Å². The smallest absolute Gasteiger partial charge is 0.279 e. The topological polar surface area (TPSA) is 120 Å².